The molecule has 0 bridgehead atoms. The van der Waals surface area contributed by atoms with Crippen molar-refractivity contribution in [3.8, 4) is 17.3 Å². The second-order valence-electron chi connectivity index (χ2n) is 7.02. The van der Waals surface area contributed by atoms with Crippen LogP contribution in [0.3, 0.4) is 0 Å². The number of amides is 1. The lowest BCUT2D eigenvalue weighted by Crippen LogP contribution is -2.17. The average Bonchev–Trinajstić information content (AvgIpc) is 2.88. The van der Waals surface area contributed by atoms with Crippen LogP contribution in [0.25, 0.3) is 11.3 Å². The van der Waals surface area contributed by atoms with E-state index in [1.54, 1.807) is 12.1 Å². The van der Waals surface area contributed by atoms with Gasteiger partial charge in [0.05, 0.1) is 0 Å². The van der Waals surface area contributed by atoms with E-state index in [4.69, 9.17) is 5.26 Å². The van der Waals surface area contributed by atoms with Gasteiger partial charge in [-0.3, -0.25) is 4.79 Å². The first-order valence-corrected chi connectivity index (χ1v) is 8.03. The summed E-state index contributed by atoms with van der Waals surface area (Å²) in [6.07, 6.45) is 0. The first kappa shape index (κ1) is 18.3. The van der Waals surface area contributed by atoms with E-state index in [-0.39, 0.29) is 16.7 Å². The number of aliphatic hydroxyl groups is 1. The van der Waals surface area contributed by atoms with Gasteiger partial charge in [-0.15, -0.1) is 0 Å². The second kappa shape index (κ2) is 6.86. The maximum atomic E-state index is 12.1. The zero-order valence-corrected chi connectivity index (χ0v) is 15.2. The van der Waals surface area contributed by atoms with Crippen molar-refractivity contribution in [3.63, 3.8) is 0 Å². The maximum Gasteiger partial charge on any atom is 0.270 e. The molecule has 130 valence electrons. The Balaban J connectivity index is 2.29. The first-order valence-electron chi connectivity index (χ1n) is 8.03. The molecule has 1 aromatic carbocycles. The third kappa shape index (κ3) is 3.92. The highest BCUT2D eigenvalue weighted by atomic mass is 16.3. The van der Waals surface area contributed by atoms with Crippen LogP contribution in [0.5, 0.6) is 0 Å². The van der Waals surface area contributed by atoms with Crippen molar-refractivity contribution >= 4 is 11.7 Å². The highest BCUT2D eigenvalue weighted by molar-refractivity contribution is 6.06. The Labute approximate surface area is 148 Å². The Kier molecular flexibility index (Phi) is 5.03. The van der Waals surface area contributed by atoms with Crippen molar-refractivity contribution in [1.29, 1.82) is 5.26 Å². The summed E-state index contributed by atoms with van der Waals surface area (Å²) in [6, 6.07) is 13.7. The van der Waals surface area contributed by atoms with E-state index in [9.17, 15) is 9.90 Å². The fourth-order valence-electron chi connectivity index (χ4n) is 2.54. The predicted octanol–water partition coefficient (Wildman–Crippen LogP) is 4.28. The monoisotopic (exact) mass is 337 g/mol. The number of carbonyl (C=O) groups excluding carboxylic acids is 1. The summed E-state index contributed by atoms with van der Waals surface area (Å²) in [7, 11) is 1.84. The Hall–Kier alpha value is -3.00. The topological polar surface area (TPSA) is 78.0 Å². The van der Waals surface area contributed by atoms with Gasteiger partial charge in [-0.2, -0.15) is 5.26 Å². The molecule has 2 aromatic rings. The Morgan fingerprint density at radius 3 is 2.24 bits per heavy atom. The highest BCUT2D eigenvalue weighted by Crippen LogP contribution is 2.28. The van der Waals surface area contributed by atoms with Crippen molar-refractivity contribution in [2.45, 2.75) is 33.1 Å². The molecule has 0 aliphatic rings. The number of nitrogens with zero attached hydrogens (tertiary/aromatic N) is 2. The van der Waals surface area contributed by atoms with E-state index >= 15 is 0 Å². The molecule has 25 heavy (non-hydrogen) atoms. The van der Waals surface area contributed by atoms with Gasteiger partial charge in [0, 0.05) is 12.7 Å². The number of carbonyl (C=O) groups is 1. The second-order valence-corrected chi connectivity index (χ2v) is 7.02. The third-order valence-corrected chi connectivity index (χ3v) is 4.11. The molecule has 0 unspecified atom stereocenters. The number of aromatic nitrogens is 1. The summed E-state index contributed by atoms with van der Waals surface area (Å²) >= 11 is 0. The summed E-state index contributed by atoms with van der Waals surface area (Å²) in [5, 5.41) is 21.0. The Bertz CT molecular complexity index is 856. The van der Waals surface area contributed by atoms with E-state index in [0.717, 1.165) is 11.3 Å². The summed E-state index contributed by atoms with van der Waals surface area (Å²) < 4.78 is 1.84. The zero-order valence-electron chi connectivity index (χ0n) is 15.2. The number of aliphatic hydroxyl groups excluding tert-OH is 1. The van der Waals surface area contributed by atoms with Crippen molar-refractivity contribution in [2.24, 2.45) is 7.05 Å². The molecule has 0 aliphatic carbocycles. The lowest BCUT2D eigenvalue weighted by molar-refractivity contribution is -0.112. The minimum atomic E-state index is -0.627. The van der Waals surface area contributed by atoms with E-state index in [2.05, 4.69) is 50.4 Å². The molecule has 0 radical (unpaired) electrons. The fourth-order valence-corrected chi connectivity index (χ4v) is 2.54. The Morgan fingerprint density at radius 1 is 1.16 bits per heavy atom. The van der Waals surface area contributed by atoms with Crippen LogP contribution in [0.2, 0.25) is 0 Å². The standard InChI is InChI=1S/C20H23N3O2/c1-13(24)16(12-21)19(25)22-18-11-10-17(23(18)5)14-6-8-15(9-7-14)20(2,3)4/h6-11,24H,1-5H3,(H,22,25). The number of anilines is 1. The van der Waals surface area contributed by atoms with E-state index < -0.39 is 5.91 Å². The lowest BCUT2D eigenvalue weighted by Gasteiger charge is -2.19. The molecule has 2 N–H and O–H groups in total. The molecule has 1 aromatic heterocycles. The number of hydrogen-bond donors (Lipinski definition) is 2. The van der Waals surface area contributed by atoms with Gasteiger partial charge in [0.2, 0.25) is 0 Å². The maximum absolute atomic E-state index is 12.1. The first-order chi connectivity index (χ1) is 11.6. The minimum Gasteiger partial charge on any atom is -0.511 e. The number of nitriles is 1. The van der Waals surface area contributed by atoms with E-state index in [1.165, 1.54) is 12.5 Å². The summed E-state index contributed by atoms with van der Waals surface area (Å²) in [4.78, 5) is 12.1. The molecule has 0 saturated heterocycles. The van der Waals surface area contributed by atoms with Crippen LogP contribution in [-0.4, -0.2) is 15.6 Å². The molecule has 1 heterocycles. The summed E-state index contributed by atoms with van der Waals surface area (Å²) in [6.45, 7) is 7.82. The van der Waals surface area contributed by atoms with Crippen molar-refractivity contribution in [1.82, 2.24) is 4.57 Å². The van der Waals surface area contributed by atoms with Gasteiger partial charge in [0.1, 0.15) is 17.6 Å². The number of nitrogens with one attached hydrogen (secondary N) is 1. The van der Waals surface area contributed by atoms with Crippen LogP contribution < -0.4 is 5.32 Å². The number of benzene rings is 1. The number of hydrogen-bond acceptors (Lipinski definition) is 3. The van der Waals surface area contributed by atoms with Gasteiger partial charge in [0.15, 0.2) is 5.57 Å². The molecular weight excluding hydrogens is 314 g/mol. The van der Waals surface area contributed by atoms with Gasteiger partial charge in [-0.1, -0.05) is 45.0 Å². The van der Waals surface area contributed by atoms with Crippen molar-refractivity contribution < 1.29 is 9.90 Å². The van der Waals surface area contributed by atoms with Crippen LogP contribution in [0, 0.1) is 11.3 Å². The minimum absolute atomic E-state index is 0.0913. The van der Waals surface area contributed by atoms with Crippen LogP contribution in [0.4, 0.5) is 5.82 Å². The van der Waals surface area contributed by atoms with Gasteiger partial charge in [-0.25, -0.2) is 0 Å². The molecule has 0 atom stereocenters. The van der Waals surface area contributed by atoms with Crippen LogP contribution >= 0.6 is 0 Å². The van der Waals surface area contributed by atoms with Crippen molar-refractivity contribution in [2.75, 3.05) is 5.32 Å². The van der Waals surface area contributed by atoms with Gasteiger partial charge < -0.3 is 15.0 Å². The average molecular weight is 337 g/mol. The molecule has 1 amide bonds. The normalized spacial score (nSPS) is 12.3. The van der Waals surface area contributed by atoms with Crippen LogP contribution in [0.15, 0.2) is 47.7 Å². The largest absolute Gasteiger partial charge is 0.511 e. The third-order valence-electron chi connectivity index (χ3n) is 4.11. The molecule has 5 heteroatoms. The van der Waals surface area contributed by atoms with Gasteiger partial charge >= 0.3 is 0 Å². The van der Waals surface area contributed by atoms with E-state index in [0.29, 0.717) is 5.82 Å². The van der Waals surface area contributed by atoms with Crippen LogP contribution in [0.1, 0.15) is 33.3 Å². The molecule has 0 fully saturated rings. The summed E-state index contributed by atoms with van der Waals surface area (Å²) in [5.74, 6) is -0.376. The smallest absolute Gasteiger partial charge is 0.270 e. The zero-order chi connectivity index (χ0) is 18.8. The van der Waals surface area contributed by atoms with Gasteiger partial charge in [-0.05, 0) is 35.6 Å². The predicted molar refractivity (Wildman–Crippen MR) is 99.1 cm³/mol. The van der Waals surface area contributed by atoms with Gasteiger partial charge in [0.25, 0.3) is 5.91 Å². The molecule has 2 rings (SSSR count). The molecule has 0 spiro atoms. The van der Waals surface area contributed by atoms with Crippen molar-refractivity contribution in [3.05, 3.63) is 53.3 Å². The summed E-state index contributed by atoms with van der Waals surface area (Å²) in [5.41, 5.74) is 3.02. The van der Waals surface area contributed by atoms with Crippen LogP contribution in [-0.2, 0) is 17.3 Å². The SMILES string of the molecule is CC(O)=C(C#N)C(=O)Nc1ccc(-c2ccc(C(C)(C)C)cc2)n1C. The quantitative estimate of drug-likeness (QED) is 0.498. The Morgan fingerprint density at radius 2 is 1.76 bits per heavy atom. The molecule has 5 nitrogen and oxygen atoms in total. The fraction of sp³-hybridized carbons (Fsp3) is 0.300. The lowest BCUT2D eigenvalue weighted by atomic mass is 9.86. The number of rotatable bonds is 3. The molecule has 0 aliphatic heterocycles. The number of allylic oxidation sites excluding steroid dienone is 1. The van der Waals surface area contributed by atoms with E-state index in [1.807, 2.05) is 17.7 Å². The molecular formula is C20H23N3O2. The molecule has 0 saturated carbocycles. The highest BCUT2D eigenvalue weighted by Gasteiger charge is 2.16.